The highest BCUT2D eigenvalue weighted by Crippen LogP contribution is 2.45. The van der Waals surface area contributed by atoms with Gasteiger partial charge in [-0.25, -0.2) is 4.98 Å². The molecule has 0 radical (unpaired) electrons. The number of pyridine rings is 1. The third kappa shape index (κ3) is 3.90. The maximum absolute atomic E-state index is 5.96. The molecule has 22 heavy (non-hydrogen) atoms. The first-order valence-corrected chi connectivity index (χ1v) is 8.29. The highest BCUT2D eigenvalue weighted by molar-refractivity contribution is 5.80. The molecule has 2 aliphatic rings. The molecule has 5 nitrogen and oxygen atoms in total. The summed E-state index contributed by atoms with van der Waals surface area (Å²) in [6, 6.07) is 5.77. The van der Waals surface area contributed by atoms with Crippen LogP contribution >= 0.6 is 0 Å². The second kappa shape index (κ2) is 6.55. The molecule has 3 rings (SSSR count). The van der Waals surface area contributed by atoms with Crippen molar-refractivity contribution < 1.29 is 4.74 Å². The van der Waals surface area contributed by atoms with Crippen LogP contribution in [0.3, 0.4) is 0 Å². The lowest BCUT2D eigenvalue weighted by Gasteiger charge is -2.22. The van der Waals surface area contributed by atoms with Gasteiger partial charge in [0, 0.05) is 38.3 Å². The molecule has 1 N–H and O–H groups in total. The van der Waals surface area contributed by atoms with Gasteiger partial charge in [-0.1, -0.05) is 13.0 Å². The van der Waals surface area contributed by atoms with Gasteiger partial charge in [-0.2, -0.15) is 0 Å². The molecule has 5 heteroatoms. The van der Waals surface area contributed by atoms with Crippen molar-refractivity contribution >= 4 is 5.96 Å². The van der Waals surface area contributed by atoms with Crippen LogP contribution in [0.15, 0.2) is 29.4 Å². The summed E-state index contributed by atoms with van der Waals surface area (Å²) < 4.78 is 5.96. The van der Waals surface area contributed by atoms with E-state index in [0.29, 0.717) is 11.3 Å². The van der Waals surface area contributed by atoms with Gasteiger partial charge in [0.1, 0.15) is 6.10 Å². The Hall–Kier alpha value is -1.78. The summed E-state index contributed by atoms with van der Waals surface area (Å²) in [4.78, 5) is 11.4. The predicted molar refractivity (Wildman–Crippen MR) is 88.2 cm³/mol. The minimum Gasteiger partial charge on any atom is -0.472 e. The van der Waals surface area contributed by atoms with Crippen molar-refractivity contribution in [3.8, 4) is 5.88 Å². The van der Waals surface area contributed by atoms with E-state index in [1.54, 1.807) is 6.20 Å². The topological polar surface area (TPSA) is 49.8 Å². The number of guanidine groups is 1. The molecule has 1 aliphatic carbocycles. The van der Waals surface area contributed by atoms with E-state index in [1.165, 1.54) is 12.8 Å². The van der Waals surface area contributed by atoms with Crippen LogP contribution < -0.4 is 10.1 Å². The Kier molecular flexibility index (Phi) is 4.50. The Morgan fingerprint density at radius 3 is 3.05 bits per heavy atom. The Morgan fingerprint density at radius 1 is 1.50 bits per heavy atom. The van der Waals surface area contributed by atoms with Crippen LogP contribution in [0.1, 0.15) is 33.1 Å². The number of hydrogen-bond acceptors (Lipinski definition) is 3. The van der Waals surface area contributed by atoms with Crippen molar-refractivity contribution in [1.29, 1.82) is 0 Å². The van der Waals surface area contributed by atoms with Crippen molar-refractivity contribution in [2.24, 2.45) is 10.4 Å². The molecule has 1 aromatic rings. The van der Waals surface area contributed by atoms with Crippen LogP contribution in [0, 0.1) is 5.41 Å². The molecule has 0 bridgehead atoms. The van der Waals surface area contributed by atoms with E-state index in [9.17, 15) is 0 Å². The summed E-state index contributed by atoms with van der Waals surface area (Å²) in [6.45, 7) is 8.12. The summed E-state index contributed by atoms with van der Waals surface area (Å²) in [5.41, 5.74) is 0.449. The van der Waals surface area contributed by atoms with Crippen LogP contribution in [-0.4, -0.2) is 48.1 Å². The maximum Gasteiger partial charge on any atom is 0.213 e. The lowest BCUT2D eigenvalue weighted by molar-refractivity contribution is 0.205. The standard InChI is InChI=1S/C17H26N4O/c1-3-18-16(20-13-17(2)8-9-17)21-11-7-14(12-21)22-15-6-4-5-10-19-15/h4-6,10,14H,3,7-9,11-13H2,1-2H3,(H,18,20). The molecule has 120 valence electrons. The zero-order valence-electron chi connectivity index (χ0n) is 13.6. The third-order valence-electron chi connectivity index (χ3n) is 4.42. The second-order valence-electron chi connectivity index (χ2n) is 6.62. The van der Waals surface area contributed by atoms with Crippen molar-refractivity contribution in [2.75, 3.05) is 26.2 Å². The zero-order valence-corrected chi connectivity index (χ0v) is 13.6. The first kappa shape index (κ1) is 15.1. The number of likely N-dealkylation sites (tertiary alicyclic amines) is 1. The Balaban J connectivity index is 1.57. The van der Waals surface area contributed by atoms with Crippen molar-refractivity contribution in [2.45, 2.75) is 39.2 Å². The third-order valence-corrected chi connectivity index (χ3v) is 4.42. The van der Waals surface area contributed by atoms with Gasteiger partial charge >= 0.3 is 0 Å². The van der Waals surface area contributed by atoms with Crippen LogP contribution in [0.4, 0.5) is 0 Å². The number of nitrogens with zero attached hydrogens (tertiary/aromatic N) is 3. The quantitative estimate of drug-likeness (QED) is 0.670. The van der Waals surface area contributed by atoms with Gasteiger partial charge in [0.2, 0.25) is 5.88 Å². The number of nitrogens with one attached hydrogen (secondary N) is 1. The van der Waals surface area contributed by atoms with E-state index in [4.69, 9.17) is 9.73 Å². The molecule has 1 atom stereocenters. The largest absolute Gasteiger partial charge is 0.472 e. The average Bonchev–Trinajstić information content (AvgIpc) is 3.08. The van der Waals surface area contributed by atoms with E-state index in [0.717, 1.165) is 38.6 Å². The SMILES string of the molecule is CCNC(=NCC1(C)CC1)N1CCC(Oc2ccccn2)C1. The summed E-state index contributed by atoms with van der Waals surface area (Å²) in [5, 5.41) is 3.41. The highest BCUT2D eigenvalue weighted by atomic mass is 16.5. The van der Waals surface area contributed by atoms with E-state index in [-0.39, 0.29) is 6.10 Å². The maximum atomic E-state index is 5.96. The Morgan fingerprint density at radius 2 is 2.36 bits per heavy atom. The van der Waals surface area contributed by atoms with E-state index >= 15 is 0 Å². The smallest absolute Gasteiger partial charge is 0.213 e. The van der Waals surface area contributed by atoms with Crippen LogP contribution in [0.2, 0.25) is 0 Å². The monoisotopic (exact) mass is 302 g/mol. The summed E-state index contributed by atoms with van der Waals surface area (Å²) in [6.07, 6.45) is 5.58. The Bertz CT molecular complexity index is 513. The van der Waals surface area contributed by atoms with Gasteiger partial charge in [0.05, 0.1) is 6.54 Å². The molecular weight excluding hydrogens is 276 g/mol. The molecule has 0 spiro atoms. The molecule has 0 aromatic carbocycles. The fraction of sp³-hybridized carbons (Fsp3) is 0.647. The van der Waals surface area contributed by atoms with Gasteiger partial charge in [0.25, 0.3) is 0 Å². The van der Waals surface area contributed by atoms with E-state index in [2.05, 4.69) is 29.0 Å². The summed E-state index contributed by atoms with van der Waals surface area (Å²) >= 11 is 0. The van der Waals surface area contributed by atoms with Gasteiger partial charge in [-0.3, -0.25) is 4.99 Å². The number of aliphatic imine (C=N–C) groups is 1. The van der Waals surface area contributed by atoms with Gasteiger partial charge < -0.3 is 15.0 Å². The van der Waals surface area contributed by atoms with Crippen molar-refractivity contribution in [1.82, 2.24) is 15.2 Å². The minimum atomic E-state index is 0.190. The van der Waals surface area contributed by atoms with E-state index < -0.39 is 0 Å². The lowest BCUT2D eigenvalue weighted by atomic mass is 10.1. The van der Waals surface area contributed by atoms with Gasteiger partial charge in [0.15, 0.2) is 5.96 Å². The second-order valence-corrected chi connectivity index (χ2v) is 6.62. The van der Waals surface area contributed by atoms with Gasteiger partial charge in [-0.05, 0) is 31.2 Å². The lowest BCUT2D eigenvalue weighted by Crippen LogP contribution is -2.41. The first-order chi connectivity index (χ1) is 10.7. The molecule has 2 heterocycles. The Labute approximate surface area is 132 Å². The molecule has 1 unspecified atom stereocenters. The summed E-state index contributed by atoms with van der Waals surface area (Å²) in [7, 11) is 0. The number of aromatic nitrogens is 1. The predicted octanol–water partition coefficient (Wildman–Crippen LogP) is 2.30. The fourth-order valence-electron chi connectivity index (χ4n) is 2.67. The molecule has 1 aliphatic heterocycles. The highest BCUT2D eigenvalue weighted by Gasteiger charge is 2.37. The molecule has 1 saturated carbocycles. The van der Waals surface area contributed by atoms with Gasteiger partial charge in [-0.15, -0.1) is 0 Å². The normalized spacial score (nSPS) is 23.5. The fourth-order valence-corrected chi connectivity index (χ4v) is 2.67. The minimum absolute atomic E-state index is 0.190. The molecule has 2 fully saturated rings. The number of hydrogen-bond donors (Lipinski definition) is 1. The van der Waals surface area contributed by atoms with Crippen molar-refractivity contribution in [3.05, 3.63) is 24.4 Å². The zero-order chi connectivity index (χ0) is 15.4. The first-order valence-electron chi connectivity index (χ1n) is 8.29. The van der Waals surface area contributed by atoms with E-state index in [1.807, 2.05) is 18.2 Å². The van der Waals surface area contributed by atoms with Crippen molar-refractivity contribution in [3.63, 3.8) is 0 Å². The van der Waals surface area contributed by atoms with Crippen LogP contribution in [0.25, 0.3) is 0 Å². The van der Waals surface area contributed by atoms with Crippen LogP contribution in [0.5, 0.6) is 5.88 Å². The molecule has 1 saturated heterocycles. The van der Waals surface area contributed by atoms with Crippen LogP contribution in [-0.2, 0) is 0 Å². The molecular formula is C17H26N4O. The summed E-state index contributed by atoms with van der Waals surface area (Å²) in [5.74, 6) is 1.74. The number of rotatable bonds is 5. The molecule has 1 aromatic heterocycles. The molecule has 0 amide bonds. The number of ether oxygens (including phenoxy) is 1. The average molecular weight is 302 g/mol.